The van der Waals surface area contributed by atoms with Gasteiger partial charge in [-0.3, -0.25) is 14.9 Å². The van der Waals surface area contributed by atoms with Crippen LogP contribution in [-0.4, -0.2) is 34.4 Å². The van der Waals surface area contributed by atoms with Crippen molar-refractivity contribution in [1.82, 2.24) is 10.3 Å². The predicted molar refractivity (Wildman–Crippen MR) is 77.1 cm³/mol. The molecule has 0 aliphatic heterocycles. The van der Waals surface area contributed by atoms with Crippen LogP contribution in [0.4, 0.5) is 4.39 Å². The summed E-state index contributed by atoms with van der Waals surface area (Å²) >= 11 is 0. The summed E-state index contributed by atoms with van der Waals surface area (Å²) in [5.41, 5.74) is -1.74. The molecule has 2 N–H and O–H groups in total. The van der Waals surface area contributed by atoms with Gasteiger partial charge in [0.25, 0.3) is 5.56 Å². The number of halogens is 1. The van der Waals surface area contributed by atoms with Gasteiger partial charge in [-0.05, 0) is 39.7 Å². The molecule has 1 aliphatic carbocycles. The van der Waals surface area contributed by atoms with Crippen molar-refractivity contribution >= 4 is 11.8 Å². The lowest BCUT2D eigenvalue weighted by Crippen LogP contribution is -2.47. The Labute approximate surface area is 127 Å². The number of aromatic amines is 1. The SMILES string of the molecule is CC(C)(C)OC(=O)C(NC1CC1)C(=O)c1c[nH]c(=O)c(F)c1. The largest absolute Gasteiger partial charge is 0.458 e. The lowest BCUT2D eigenvalue weighted by atomic mass is 10.1. The third-order valence-corrected chi connectivity index (χ3v) is 3.03. The molecule has 6 nitrogen and oxygen atoms in total. The monoisotopic (exact) mass is 310 g/mol. The summed E-state index contributed by atoms with van der Waals surface area (Å²) in [7, 11) is 0. The zero-order valence-corrected chi connectivity index (χ0v) is 12.7. The Kier molecular flexibility index (Phi) is 4.46. The standard InChI is InChI=1S/C15H19FN2O4/c1-15(2,3)22-14(21)11(18-9-4-5-9)12(19)8-6-10(16)13(20)17-7-8/h6-7,9,11,18H,4-5H2,1-3H3,(H,17,20). The van der Waals surface area contributed by atoms with E-state index in [1.807, 2.05) is 0 Å². The molecule has 0 saturated heterocycles. The summed E-state index contributed by atoms with van der Waals surface area (Å²) in [5, 5.41) is 2.91. The first-order valence-electron chi connectivity index (χ1n) is 7.09. The van der Waals surface area contributed by atoms with Crippen molar-refractivity contribution in [2.45, 2.75) is 51.3 Å². The van der Waals surface area contributed by atoms with E-state index in [1.165, 1.54) is 0 Å². The van der Waals surface area contributed by atoms with E-state index in [2.05, 4.69) is 10.3 Å². The highest BCUT2D eigenvalue weighted by Gasteiger charge is 2.36. The lowest BCUT2D eigenvalue weighted by Gasteiger charge is -2.24. The van der Waals surface area contributed by atoms with E-state index in [1.54, 1.807) is 20.8 Å². The maximum Gasteiger partial charge on any atom is 0.331 e. The molecule has 0 aromatic carbocycles. The minimum absolute atomic E-state index is 0.0778. The smallest absolute Gasteiger partial charge is 0.331 e. The number of hydrogen-bond acceptors (Lipinski definition) is 5. The van der Waals surface area contributed by atoms with E-state index in [-0.39, 0.29) is 11.6 Å². The van der Waals surface area contributed by atoms with Crippen LogP contribution in [0.3, 0.4) is 0 Å². The maximum absolute atomic E-state index is 13.3. The lowest BCUT2D eigenvalue weighted by molar-refractivity contribution is -0.156. The maximum atomic E-state index is 13.3. The summed E-state index contributed by atoms with van der Waals surface area (Å²) in [6.07, 6.45) is 2.83. The van der Waals surface area contributed by atoms with Crippen LogP contribution in [0.2, 0.25) is 0 Å². The Bertz CT molecular complexity index is 644. The normalized spacial score (nSPS) is 16.2. The van der Waals surface area contributed by atoms with Crippen LogP contribution in [0, 0.1) is 5.82 Å². The quantitative estimate of drug-likeness (QED) is 0.484. The molecule has 1 aromatic heterocycles. The van der Waals surface area contributed by atoms with Crippen molar-refractivity contribution < 1.29 is 18.7 Å². The third kappa shape index (κ3) is 4.24. The number of H-pyrrole nitrogens is 1. The van der Waals surface area contributed by atoms with Crippen molar-refractivity contribution in [3.8, 4) is 0 Å². The van der Waals surface area contributed by atoms with Gasteiger partial charge in [-0.2, -0.15) is 0 Å². The first-order valence-corrected chi connectivity index (χ1v) is 7.09. The van der Waals surface area contributed by atoms with Gasteiger partial charge in [-0.1, -0.05) is 0 Å². The number of ether oxygens (including phenoxy) is 1. The number of Topliss-reactive ketones (excluding diaryl/α,β-unsaturated/α-hetero) is 1. The highest BCUT2D eigenvalue weighted by Crippen LogP contribution is 2.21. The van der Waals surface area contributed by atoms with Gasteiger partial charge >= 0.3 is 5.97 Å². The van der Waals surface area contributed by atoms with Gasteiger partial charge in [-0.25, -0.2) is 9.18 Å². The minimum atomic E-state index is -1.21. The number of ketones is 1. The first-order chi connectivity index (χ1) is 10.2. The van der Waals surface area contributed by atoms with Crippen LogP contribution in [0.1, 0.15) is 44.0 Å². The molecule has 22 heavy (non-hydrogen) atoms. The first kappa shape index (κ1) is 16.4. The Morgan fingerprint density at radius 2 is 2.05 bits per heavy atom. The number of carbonyl (C=O) groups excluding carboxylic acids is 2. The molecule has 0 radical (unpaired) electrons. The molecule has 1 aliphatic rings. The molecule has 0 amide bonds. The summed E-state index contributed by atoms with van der Waals surface area (Å²) in [6.45, 7) is 5.09. The van der Waals surface area contributed by atoms with Crippen molar-refractivity contribution in [2.24, 2.45) is 0 Å². The predicted octanol–water partition coefficient (Wildman–Crippen LogP) is 1.16. The zero-order chi connectivity index (χ0) is 16.5. The Morgan fingerprint density at radius 1 is 1.41 bits per heavy atom. The van der Waals surface area contributed by atoms with Gasteiger partial charge in [0.1, 0.15) is 5.60 Å². The van der Waals surface area contributed by atoms with Gasteiger partial charge in [0.15, 0.2) is 17.6 Å². The molecule has 1 fully saturated rings. The molecule has 7 heteroatoms. The van der Waals surface area contributed by atoms with Crippen molar-refractivity contribution in [3.63, 3.8) is 0 Å². The van der Waals surface area contributed by atoms with Crippen LogP contribution >= 0.6 is 0 Å². The number of nitrogens with one attached hydrogen (secondary N) is 2. The summed E-state index contributed by atoms with van der Waals surface area (Å²) < 4.78 is 18.6. The number of hydrogen-bond donors (Lipinski definition) is 2. The molecule has 120 valence electrons. The van der Waals surface area contributed by atoms with Crippen LogP contribution < -0.4 is 10.9 Å². The fourth-order valence-corrected chi connectivity index (χ4v) is 1.86. The molecular formula is C15H19FN2O4. The summed E-state index contributed by atoms with van der Waals surface area (Å²) in [5.74, 6) is -2.41. The number of carbonyl (C=O) groups is 2. The Morgan fingerprint density at radius 3 is 2.55 bits per heavy atom. The molecule has 0 bridgehead atoms. The van der Waals surface area contributed by atoms with E-state index >= 15 is 0 Å². The van der Waals surface area contributed by atoms with Gasteiger partial charge < -0.3 is 9.72 Å². The second kappa shape index (κ2) is 6.00. The molecule has 1 aromatic rings. The average Bonchev–Trinajstić information content (AvgIpc) is 3.20. The second-order valence-electron chi connectivity index (χ2n) is 6.34. The third-order valence-electron chi connectivity index (χ3n) is 3.03. The van der Waals surface area contributed by atoms with E-state index in [9.17, 15) is 18.8 Å². The van der Waals surface area contributed by atoms with Crippen LogP contribution in [0.25, 0.3) is 0 Å². The number of pyridine rings is 1. The molecule has 1 heterocycles. The minimum Gasteiger partial charge on any atom is -0.458 e. The zero-order valence-electron chi connectivity index (χ0n) is 12.7. The molecule has 1 saturated carbocycles. The van der Waals surface area contributed by atoms with Crippen LogP contribution in [0.15, 0.2) is 17.1 Å². The summed E-state index contributed by atoms with van der Waals surface area (Å²) in [4.78, 5) is 37.8. The molecule has 0 spiro atoms. The van der Waals surface area contributed by atoms with Gasteiger partial charge in [0, 0.05) is 17.8 Å². The highest BCUT2D eigenvalue weighted by molar-refractivity contribution is 6.12. The second-order valence-corrected chi connectivity index (χ2v) is 6.34. The number of esters is 1. The summed E-state index contributed by atoms with van der Waals surface area (Å²) in [6, 6.07) is -0.307. The molecule has 1 unspecified atom stereocenters. The molecule has 1 atom stereocenters. The molecule has 2 rings (SSSR count). The van der Waals surface area contributed by atoms with Crippen molar-refractivity contribution in [2.75, 3.05) is 0 Å². The number of aromatic nitrogens is 1. The van der Waals surface area contributed by atoms with Gasteiger partial charge in [0.05, 0.1) is 0 Å². The van der Waals surface area contributed by atoms with Gasteiger partial charge in [0.2, 0.25) is 0 Å². The van der Waals surface area contributed by atoms with Crippen molar-refractivity contribution in [3.05, 3.63) is 34.0 Å². The molecular weight excluding hydrogens is 291 g/mol. The Balaban J connectivity index is 2.23. The van der Waals surface area contributed by atoms with Crippen LogP contribution in [-0.2, 0) is 9.53 Å². The van der Waals surface area contributed by atoms with E-state index in [0.717, 1.165) is 25.1 Å². The highest BCUT2D eigenvalue weighted by atomic mass is 19.1. The van der Waals surface area contributed by atoms with E-state index in [0.29, 0.717) is 0 Å². The number of rotatable bonds is 5. The topological polar surface area (TPSA) is 88.3 Å². The van der Waals surface area contributed by atoms with Gasteiger partial charge in [-0.15, -0.1) is 0 Å². The van der Waals surface area contributed by atoms with Crippen LogP contribution in [0.5, 0.6) is 0 Å². The average molecular weight is 310 g/mol. The van der Waals surface area contributed by atoms with E-state index in [4.69, 9.17) is 4.74 Å². The Hall–Kier alpha value is -2.02. The van der Waals surface area contributed by atoms with Crippen molar-refractivity contribution in [1.29, 1.82) is 0 Å². The van der Waals surface area contributed by atoms with E-state index < -0.39 is 34.8 Å². The fourth-order valence-electron chi connectivity index (χ4n) is 1.86. The fraction of sp³-hybridized carbons (Fsp3) is 0.533.